The van der Waals surface area contributed by atoms with Crippen molar-refractivity contribution in [3.63, 3.8) is 0 Å². The second-order valence-electron chi connectivity index (χ2n) is 4.79. The van der Waals surface area contributed by atoms with E-state index in [1.165, 1.54) is 6.42 Å². The van der Waals surface area contributed by atoms with Crippen LogP contribution in [0, 0.1) is 0 Å². The van der Waals surface area contributed by atoms with Gasteiger partial charge in [-0.1, -0.05) is 19.1 Å². The minimum absolute atomic E-state index is 0.181. The van der Waals surface area contributed by atoms with Crippen LogP contribution in [0.1, 0.15) is 23.7 Å². The van der Waals surface area contributed by atoms with Crippen LogP contribution in [0.15, 0.2) is 24.3 Å². The molecular formula is C15H21NO2S. The molecule has 2 rings (SSSR count). The molecule has 0 bridgehead atoms. The summed E-state index contributed by atoms with van der Waals surface area (Å²) in [7, 11) is 1.62. The van der Waals surface area contributed by atoms with E-state index in [-0.39, 0.29) is 5.78 Å². The van der Waals surface area contributed by atoms with E-state index in [1.807, 2.05) is 36.0 Å². The van der Waals surface area contributed by atoms with E-state index in [2.05, 4.69) is 11.8 Å². The molecular weight excluding hydrogens is 258 g/mol. The predicted octanol–water partition coefficient (Wildman–Crippen LogP) is 2.71. The van der Waals surface area contributed by atoms with Crippen molar-refractivity contribution in [3.8, 4) is 5.75 Å². The number of carbonyl (C=O) groups excluding carboxylic acids is 1. The lowest BCUT2D eigenvalue weighted by Crippen LogP contribution is -2.40. The first kappa shape index (κ1) is 14.4. The lowest BCUT2D eigenvalue weighted by Gasteiger charge is -2.31. The smallest absolute Gasteiger partial charge is 0.176 e. The molecule has 19 heavy (non-hydrogen) atoms. The average molecular weight is 279 g/mol. The maximum atomic E-state index is 12.3. The Morgan fingerprint density at radius 2 is 2.37 bits per heavy atom. The molecule has 1 aliphatic rings. The number of Topliss-reactive ketones (excluding diaryl/α,β-unsaturated/α-hetero) is 1. The minimum Gasteiger partial charge on any atom is -0.497 e. The van der Waals surface area contributed by atoms with E-state index in [1.54, 1.807) is 7.11 Å². The average Bonchev–Trinajstić information content (AvgIpc) is 2.47. The van der Waals surface area contributed by atoms with Crippen molar-refractivity contribution in [2.75, 3.05) is 32.5 Å². The van der Waals surface area contributed by atoms with Crippen LogP contribution in [0.2, 0.25) is 0 Å². The zero-order valence-corrected chi connectivity index (χ0v) is 12.4. The van der Waals surface area contributed by atoms with Gasteiger partial charge in [0.2, 0.25) is 0 Å². The number of ketones is 1. The molecule has 1 unspecified atom stereocenters. The first-order valence-corrected chi connectivity index (χ1v) is 7.79. The topological polar surface area (TPSA) is 29.5 Å². The first-order chi connectivity index (χ1) is 9.22. The van der Waals surface area contributed by atoms with Gasteiger partial charge >= 0.3 is 0 Å². The van der Waals surface area contributed by atoms with Crippen LogP contribution < -0.4 is 4.74 Å². The van der Waals surface area contributed by atoms with E-state index in [9.17, 15) is 4.79 Å². The molecule has 1 aliphatic heterocycles. The first-order valence-electron chi connectivity index (χ1n) is 6.74. The summed E-state index contributed by atoms with van der Waals surface area (Å²) in [4.78, 5) is 14.5. The van der Waals surface area contributed by atoms with Gasteiger partial charge < -0.3 is 4.74 Å². The van der Waals surface area contributed by atoms with Gasteiger partial charge in [0.05, 0.1) is 13.7 Å². The summed E-state index contributed by atoms with van der Waals surface area (Å²) in [5, 5.41) is 0.673. The third-order valence-electron chi connectivity index (χ3n) is 3.44. The van der Waals surface area contributed by atoms with Gasteiger partial charge in [-0.05, 0) is 18.6 Å². The van der Waals surface area contributed by atoms with Crippen molar-refractivity contribution in [2.24, 2.45) is 0 Å². The highest BCUT2D eigenvalue weighted by Gasteiger charge is 2.21. The van der Waals surface area contributed by atoms with Crippen molar-refractivity contribution >= 4 is 17.5 Å². The normalized spacial score (nSPS) is 20.2. The fraction of sp³-hybridized carbons (Fsp3) is 0.533. The van der Waals surface area contributed by atoms with Crippen molar-refractivity contribution in [1.29, 1.82) is 0 Å². The van der Waals surface area contributed by atoms with E-state index in [0.717, 1.165) is 30.2 Å². The molecule has 1 fully saturated rings. The number of benzene rings is 1. The largest absolute Gasteiger partial charge is 0.497 e. The van der Waals surface area contributed by atoms with Gasteiger partial charge in [-0.25, -0.2) is 0 Å². The standard InChI is InChI=1S/C15H21NO2S/c1-3-14-10-16(7-8-19-14)11-15(17)12-5-4-6-13(9-12)18-2/h4-6,9,14H,3,7-8,10-11H2,1-2H3. The second kappa shape index (κ2) is 6.96. The molecule has 1 aromatic carbocycles. The summed E-state index contributed by atoms with van der Waals surface area (Å²) < 4.78 is 5.16. The van der Waals surface area contributed by atoms with Gasteiger partial charge in [-0.15, -0.1) is 0 Å². The second-order valence-corrected chi connectivity index (χ2v) is 6.20. The molecule has 0 aromatic heterocycles. The van der Waals surface area contributed by atoms with Crippen LogP contribution >= 0.6 is 11.8 Å². The molecule has 1 aromatic rings. The zero-order valence-electron chi connectivity index (χ0n) is 11.6. The Balaban J connectivity index is 1.96. The van der Waals surface area contributed by atoms with Crippen LogP contribution in [-0.2, 0) is 0 Å². The molecule has 4 heteroatoms. The van der Waals surface area contributed by atoms with Gasteiger partial charge in [-0.2, -0.15) is 11.8 Å². The van der Waals surface area contributed by atoms with Gasteiger partial charge in [0.25, 0.3) is 0 Å². The summed E-state index contributed by atoms with van der Waals surface area (Å²) in [6, 6.07) is 7.41. The van der Waals surface area contributed by atoms with Crippen LogP contribution in [0.25, 0.3) is 0 Å². The predicted molar refractivity (Wildman–Crippen MR) is 80.3 cm³/mol. The Bertz CT molecular complexity index is 436. The SMILES string of the molecule is CCC1CN(CC(=O)c2cccc(OC)c2)CCS1. The Morgan fingerprint density at radius 1 is 1.53 bits per heavy atom. The van der Waals surface area contributed by atoms with Crippen LogP contribution in [0.4, 0.5) is 0 Å². The number of nitrogens with zero attached hydrogens (tertiary/aromatic N) is 1. The van der Waals surface area contributed by atoms with E-state index in [4.69, 9.17) is 4.74 Å². The molecule has 3 nitrogen and oxygen atoms in total. The fourth-order valence-corrected chi connectivity index (χ4v) is 3.51. The van der Waals surface area contributed by atoms with Crippen molar-refractivity contribution in [2.45, 2.75) is 18.6 Å². The molecule has 0 amide bonds. The molecule has 0 aliphatic carbocycles. The van der Waals surface area contributed by atoms with Gasteiger partial charge in [0.1, 0.15) is 5.75 Å². The van der Waals surface area contributed by atoms with E-state index in [0.29, 0.717) is 11.8 Å². The van der Waals surface area contributed by atoms with Crippen LogP contribution in [0.3, 0.4) is 0 Å². The number of ether oxygens (including phenoxy) is 1. The van der Waals surface area contributed by atoms with E-state index < -0.39 is 0 Å². The lowest BCUT2D eigenvalue weighted by molar-refractivity contribution is 0.0932. The molecule has 1 saturated heterocycles. The number of hydrogen-bond donors (Lipinski definition) is 0. The summed E-state index contributed by atoms with van der Waals surface area (Å²) in [6.45, 7) is 4.77. The van der Waals surface area contributed by atoms with Crippen molar-refractivity contribution < 1.29 is 9.53 Å². The molecule has 0 saturated carbocycles. The number of rotatable bonds is 5. The molecule has 0 N–H and O–H groups in total. The van der Waals surface area contributed by atoms with Gasteiger partial charge in [-0.3, -0.25) is 9.69 Å². The summed E-state index contributed by atoms with van der Waals surface area (Å²) in [5.74, 6) is 2.05. The minimum atomic E-state index is 0.181. The quantitative estimate of drug-likeness (QED) is 0.775. The van der Waals surface area contributed by atoms with Crippen molar-refractivity contribution in [1.82, 2.24) is 4.90 Å². The number of methoxy groups -OCH3 is 1. The van der Waals surface area contributed by atoms with Gasteiger partial charge in [0.15, 0.2) is 5.78 Å². The summed E-state index contributed by atoms with van der Waals surface area (Å²) in [6.07, 6.45) is 1.18. The van der Waals surface area contributed by atoms with E-state index >= 15 is 0 Å². The Morgan fingerprint density at radius 3 is 3.11 bits per heavy atom. The van der Waals surface area contributed by atoms with Crippen molar-refractivity contribution in [3.05, 3.63) is 29.8 Å². The highest BCUT2D eigenvalue weighted by molar-refractivity contribution is 8.00. The maximum Gasteiger partial charge on any atom is 0.176 e. The molecule has 104 valence electrons. The number of hydrogen-bond acceptors (Lipinski definition) is 4. The van der Waals surface area contributed by atoms with Crippen LogP contribution in [0.5, 0.6) is 5.75 Å². The lowest BCUT2D eigenvalue weighted by atomic mass is 10.1. The number of thioether (sulfide) groups is 1. The molecule has 1 atom stereocenters. The molecule has 0 spiro atoms. The third kappa shape index (κ3) is 3.98. The molecule has 0 radical (unpaired) electrons. The number of carbonyl (C=O) groups is 1. The summed E-state index contributed by atoms with van der Waals surface area (Å²) >= 11 is 2.02. The zero-order chi connectivity index (χ0) is 13.7. The monoisotopic (exact) mass is 279 g/mol. The molecule has 1 heterocycles. The van der Waals surface area contributed by atoms with Crippen LogP contribution in [-0.4, -0.2) is 48.4 Å². The Hall–Kier alpha value is -1.00. The fourth-order valence-electron chi connectivity index (χ4n) is 2.26. The summed E-state index contributed by atoms with van der Waals surface area (Å²) in [5.41, 5.74) is 0.741. The third-order valence-corrected chi connectivity index (χ3v) is 4.81. The maximum absolute atomic E-state index is 12.3. The Labute approximate surface area is 119 Å². The highest BCUT2D eigenvalue weighted by atomic mass is 32.2. The Kier molecular flexibility index (Phi) is 5.28. The highest BCUT2D eigenvalue weighted by Crippen LogP contribution is 2.21. The van der Waals surface area contributed by atoms with Gasteiger partial charge in [0, 0.05) is 29.7 Å².